The third kappa shape index (κ3) is 4.91. The minimum Gasteiger partial charge on any atom is -0.462 e. The third-order valence-corrected chi connectivity index (χ3v) is 5.95. The van der Waals surface area contributed by atoms with Gasteiger partial charge in [0.25, 0.3) is 0 Å². The molecule has 0 unspecified atom stereocenters. The Balaban J connectivity index is 1.68. The van der Waals surface area contributed by atoms with Crippen molar-refractivity contribution in [2.45, 2.75) is 38.9 Å². The number of ether oxygens (including phenoxy) is 1. The van der Waals surface area contributed by atoms with Gasteiger partial charge < -0.3 is 15.8 Å². The fourth-order valence-electron chi connectivity index (χ4n) is 4.35. The first-order valence-corrected chi connectivity index (χ1v) is 11.9. The number of nitrogens with one attached hydrogen (secondary N) is 1. The van der Waals surface area contributed by atoms with Crippen molar-refractivity contribution < 1.29 is 22.3 Å². The average molecular weight is 528 g/mol. The number of alkyl halides is 3. The molecule has 0 saturated carbocycles. The number of nitrogens with two attached hydrogens (primary N) is 1. The molecule has 198 valence electrons. The molecule has 0 atom stereocenters. The molecule has 0 saturated heterocycles. The van der Waals surface area contributed by atoms with Gasteiger partial charge in [0.05, 0.1) is 11.4 Å². The summed E-state index contributed by atoms with van der Waals surface area (Å²) in [4.78, 5) is 13.1. The molecule has 0 amide bonds. The van der Waals surface area contributed by atoms with E-state index in [0.717, 1.165) is 16.3 Å². The van der Waals surface area contributed by atoms with E-state index in [1.54, 1.807) is 20.0 Å². The van der Waals surface area contributed by atoms with Gasteiger partial charge in [0, 0.05) is 65.7 Å². The van der Waals surface area contributed by atoms with E-state index in [4.69, 9.17) is 10.5 Å². The van der Waals surface area contributed by atoms with Gasteiger partial charge in [0.15, 0.2) is 5.69 Å². The van der Waals surface area contributed by atoms with Crippen molar-refractivity contribution in [3.05, 3.63) is 65.8 Å². The molecule has 0 spiro atoms. The number of halogens is 4. The van der Waals surface area contributed by atoms with Crippen molar-refractivity contribution in [1.29, 1.82) is 0 Å². The normalized spacial score (nSPS) is 12.8. The van der Waals surface area contributed by atoms with Gasteiger partial charge in [0.2, 0.25) is 0 Å². The molecule has 4 aromatic rings. The van der Waals surface area contributed by atoms with E-state index in [0.29, 0.717) is 52.3 Å². The van der Waals surface area contributed by atoms with Crippen LogP contribution in [0.25, 0.3) is 27.9 Å². The van der Waals surface area contributed by atoms with E-state index in [2.05, 4.69) is 25.4 Å². The largest absolute Gasteiger partial charge is 0.462 e. The van der Waals surface area contributed by atoms with Crippen LogP contribution in [-0.4, -0.2) is 43.4 Å². The number of hydrogen-bond donors (Lipinski definition) is 2. The summed E-state index contributed by atoms with van der Waals surface area (Å²) in [5, 5.41) is 6.98. The molecule has 0 aliphatic heterocycles. The van der Waals surface area contributed by atoms with Gasteiger partial charge in [-0.1, -0.05) is 0 Å². The van der Waals surface area contributed by atoms with Gasteiger partial charge in [-0.2, -0.15) is 18.3 Å². The maximum absolute atomic E-state index is 14.7. The summed E-state index contributed by atoms with van der Waals surface area (Å²) in [7, 11) is 0. The SMILES string of the molecule is CCNc1cc(F)cc2c1Cc1ncc(-c3cnc(OCC(C)(C)N)nc3)c(-n3ccc(C(F)(F)F)n3)c1-2. The second-order valence-corrected chi connectivity index (χ2v) is 9.70. The van der Waals surface area contributed by atoms with Gasteiger partial charge in [-0.25, -0.2) is 19.0 Å². The molecule has 0 fully saturated rings. The number of hydrogen-bond acceptors (Lipinski definition) is 7. The molecule has 5 rings (SSSR count). The van der Waals surface area contributed by atoms with Gasteiger partial charge in [-0.3, -0.25) is 4.98 Å². The Bertz CT molecular complexity index is 1490. The number of benzene rings is 1. The maximum Gasteiger partial charge on any atom is 0.435 e. The van der Waals surface area contributed by atoms with Crippen molar-refractivity contribution in [3.8, 4) is 34.0 Å². The highest BCUT2D eigenvalue weighted by atomic mass is 19.4. The minimum atomic E-state index is -4.64. The zero-order valence-electron chi connectivity index (χ0n) is 20.9. The maximum atomic E-state index is 14.7. The zero-order valence-corrected chi connectivity index (χ0v) is 20.9. The third-order valence-electron chi connectivity index (χ3n) is 5.95. The molecule has 1 aromatic carbocycles. The standard InChI is InChI=1S/C26H25F4N7O/c1-4-32-19-8-15(27)7-17-16(19)9-20-22(17)23(37-6-5-21(36-37)26(28,29)30)18(12-33-20)14-10-34-24(35-11-14)38-13-25(2,3)31/h5-8,10-12,32H,4,9,13,31H2,1-3H3. The van der Waals surface area contributed by atoms with Crippen LogP contribution in [0.1, 0.15) is 37.7 Å². The van der Waals surface area contributed by atoms with Crippen LogP contribution in [0.2, 0.25) is 0 Å². The van der Waals surface area contributed by atoms with Crippen LogP contribution < -0.4 is 15.8 Å². The van der Waals surface area contributed by atoms with Crippen LogP contribution in [-0.2, 0) is 12.6 Å². The second-order valence-electron chi connectivity index (χ2n) is 9.70. The summed E-state index contributed by atoms with van der Waals surface area (Å²) in [5.74, 6) is -0.479. The molecule has 38 heavy (non-hydrogen) atoms. The van der Waals surface area contributed by atoms with E-state index in [9.17, 15) is 17.6 Å². The van der Waals surface area contributed by atoms with Crippen LogP contribution in [0.4, 0.5) is 23.2 Å². The molecule has 12 heteroatoms. The van der Waals surface area contributed by atoms with Gasteiger partial charge in [0.1, 0.15) is 12.4 Å². The molecule has 0 bridgehead atoms. The van der Waals surface area contributed by atoms with Crippen LogP contribution in [0.3, 0.4) is 0 Å². The monoisotopic (exact) mass is 527 g/mol. The van der Waals surface area contributed by atoms with E-state index >= 15 is 0 Å². The average Bonchev–Trinajstić information content (AvgIpc) is 3.48. The highest BCUT2D eigenvalue weighted by Crippen LogP contribution is 2.46. The van der Waals surface area contributed by atoms with Crippen molar-refractivity contribution in [3.63, 3.8) is 0 Å². The van der Waals surface area contributed by atoms with Crippen molar-refractivity contribution in [1.82, 2.24) is 24.7 Å². The minimum absolute atomic E-state index is 0.101. The lowest BCUT2D eigenvalue weighted by molar-refractivity contribution is -0.141. The molecule has 3 heterocycles. The smallest absolute Gasteiger partial charge is 0.435 e. The molecule has 3 N–H and O–H groups in total. The number of rotatable bonds is 7. The van der Waals surface area contributed by atoms with Crippen molar-refractivity contribution >= 4 is 5.69 Å². The molecular weight excluding hydrogens is 502 g/mol. The van der Waals surface area contributed by atoms with Crippen LogP contribution >= 0.6 is 0 Å². The number of fused-ring (bicyclic) bond motifs is 3. The quantitative estimate of drug-likeness (QED) is 0.287. The van der Waals surface area contributed by atoms with Crippen LogP contribution in [0.15, 0.2) is 43.0 Å². The molecule has 1 aliphatic rings. The Labute approximate surface area is 215 Å². The molecule has 0 radical (unpaired) electrons. The van der Waals surface area contributed by atoms with Gasteiger partial charge in [-0.15, -0.1) is 0 Å². The number of aromatic nitrogens is 5. The lowest BCUT2D eigenvalue weighted by Crippen LogP contribution is -2.38. The predicted molar refractivity (Wildman–Crippen MR) is 134 cm³/mol. The lowest BCUT2D eigenvalue weighted by atomic mass is 9.99. The van der Waals surface area contributed by atoms with Gasteiger partial charge >= 0.3 is 12.2 Å². The molecule has 8 nitrogen and oxygen atoms in total. The van der Waals surface area contributed by atoms with E-state index in [1.807, 2.05) is 6.92 Å². The summed E-state index contributed by atoms with van der Waals surface area (Å²) in [6.07, 6.45) is 1.48. The Morgan fingerprint density at radius 1 is 1.08 bits per heavy atom. The number of pyridine rings is 1. The Kier molecular flexibility index (Phi) is 6.30. The molecular formula is C26H25F4N7O. The zero-order chi connectivity index (χ0) is 27.2. The summed E-state index contributed by atoms with van der Waals surface area (Å²) >= 11 is 0. The first-order chi connectivity index (χ1) is 17.9. The molecule has 3 aromatic heterocycles. The van der Waals surface area contributed by atoms with E-state index < -0.39 is 23.2 Å². The highest BCUT2D eigenvalue weighted by Gasteiger charge is 2.35. The Morgan fingerprint density at radius 3 is 2.45 bits per heavy atom. The predicted octanol–water partition coefficient (Wildman–Crippen LogP) is 5.00. The topological polar surface area (TPSA) is 104 Å². The lowest BCUT2D eigenvalue weighted by Gasteiger charge is -2.18. The first kappa shape index (κ1) is 25.6. The first-order valence-electron chi connectivity index (χ1n) is 11.9. The highest BCUT2D eigenvalue weighted by molar-refractivity contribution is 5.91. The van der Waals surface area contributed by atoms with Gasteiger partial charge in [-0.05, 0) is 50.1 Å². The summed E-state index contributed by atoms with van der Waals surface area (Å²) in [6.45, 7) is 6.24. The Hall–Kier alpha value is -4.06. The summed E-state index contributed by atoms with van der Waals surface area (Å²) < 4.78 is 61.7. The van der Waals surface area contributed by atoms with Crippen LogP contribution in [0, 0.1) is 5.82 Å². The van der Waals surface area contributed by atoms with Crippen molar-refractivity contribution in [2.24, 2.45) is 5.73 Å². The number of nitrogens with zero attached hydrogens (tertiary/aromatic N) is 5. The van der Waals surface area contributed by atoms with E-state index in [1.165, 1.54) is 30.7 Å². The van der Waals surface area contributed by atoms with Crippen molar-refractivity contribution in [2.75, 3.05) is 18.5 Å². The fourth-order valence-corrected chi connectivity index (χ4v) is 4.35. The molecule has 1 aliphatic carbocycles. The summed E-state index contributed by atoms with van der Waals surface area (Å²) in [5.41, 5.74) is 8.55. The number of anilines is 1. The fraction of sp³-hybridized carbons (Fsp3) is 0.308. The van der Waals surface area contributed by atoms with Crippen LogP contribution in [0.5, 0.6) is 6.01 Å². The van der Waals surface area contributed by atoms with E-state index in [-0.39, 0.29) is 12.6 Å². The Morgan fingerprint density at radius 2 is 1.82 bits per heavy atom. The second kappa shape index (κ2) is 9.35. The summed E-state index contributed by atoms with van der Waals surface area (Å²) in [6, 6.07) is 3.76.